The number of carbonyl (C=O) groups is 8. The van der Waals surface area contributed by atoms with Gasteiger partial charge in [0, 0.05) is 105 Å². The molecule has 28 heteroatoms. The van der Waals surface area contributed by atoms with Gasteiger partial charge in [0.05, 0.1) is 44.5 Å². The molecule has 9 N–H and O–H groups in total. The summed E-state index contributed by atoms with van der Waals surface area (Å²) >= 11 is 4.83. The van der Waals surface area contributed by atoms with Gasteiger partial charge in [-0.25, -0.2) is 58.3 Å². The number of hydrogen-bond donors (Lipinski definition) is 9. The number of carboxylic acids is 8. The molecular weight excluding hydrogens is 1300 g/mol. The lowest BCUT2D eigenvalue weighted by atomic mass is 10.1. The van der Waals surface area contributed by atoms with Gasteiger partial charge in [0.2, 0.25) is 0 Å². The first-order chi connectivity index (χ1) is 45.4. The maximum atomic E-state index is 12.3. The third kappa shape index (κ3) is 11.5. The molecule has 5 aliphatic rings. The molecular formula is C67H46N8O16S4. The van der Waals surface area contributed by atoms with Gasteiger partial charge in [-0.15, -0.1) is 0 Å². The van der Waals surface area contributed by atoms with Crippen LogP contribution in [-0.4, -0.2) is 148 Å². The van der Waals surface area contributed by atoms with Crippen molar-refractivity contribution in [2.24, 2.45) is 20.0 Å². The van der Waals surface area contributed by atoms with Crippen molar-refractivity contribution < 1.29 is 79.2 Å². The average molecular weight is 1350 g/mol. The molecule has 0 amide bonds. The molecule has 0 spiro atoms. The molecule has 4 unspecified atom stereocenters. The van der Waals surface area contributed by atoms with Crippen molar-refractivity contribution in [2.75, 3.05) is 21.1 Å². The minimum absolute atomic E-state index is 0.375. The molecule has 0 fully saturated rings. The zero-order valence-corrected chi connectivity index (χ0v) is 52.5. The van der Waals surface area contributed by atoms with Gasteiger partial charge in [0.25, 0.3) is 0 Å². The molecule has 8 aromatic carbocycles. The summed E-state index contributed by atoms with van der Waals surface area (Å²) in [4.78, 5) is 130. The van der Waals surface area contributed by atoms with Gasteiger partial charge in [0.15, 0.2) is 18.5 Å². The van der Waals surface area contributed by atoms with E-state index in [0.29, 0.717) is 107 Å². The Kier molecular flexibility index (Phi) is 16.1. The van der Waals surface area contributed by atoms with E-state index in [2.05, 4.69) is 5.32 Å². The molecule has 4 atom stereocenters. The second-order valence-electron chi connectivity index (χ2n) is 22.0. The lowest BCUT2D eigenvalue weighted by Crippen LogP contribution is -2.31. The maximum Gasteiger partial charge on any atom is 0.336 e. The topological polar surface area (TPSA) is 370 Å². The van der Waals surface area contributed by atoms with Gasteiger partial charge in [0.1, 0.15) is 29.5 Å². The van der Waals surface area contributed by atoms with Crippen LogP contribution in [0.5, 0.6) is 0 Å². The van der Waals surface area contributed by atoms with Crippen LogP contribution in [0, 0.1) is 0 Å². The second-order valence-corrected chi connectivity index (χ2v) is 26.6. The maximum absolute atomic E-state index is 12.3. The highest BCUT2D eigenvalue weighted by Crippen LogP contribution is 2.47. The van der Waals surface area contributed by atoms with Crippen LogP contribution in [-0.2, 0) is 0 Å². The Hall–Kier alpha value is -11.2. The van der Waals surface area contributed by atoms with Crippen molar-refractivity contribution in [3.05, 3.63) is 235 Å². The van der Waals surface area contributed by atoms with E-state index in [-0.39, 0.29) is 22.3 Å². The normalized spacial score (nSPS) is 19.3. The summed E-state index contributed by atoms with van der Waals surface area (Å²) in [6, 6.07) is 38.7. The lowest BCUT2D eigenvalue weighted by Gasteiger charge is -2.26. The van der Waals surface area contributed by atoms with Gasteiger partial charge >= 0.3 is 47.8 Å². The Morgan fingerprint density at radius 2 is 0.547 bits per heavy atom. The first-order valence-corrected chi connectivity index (χ1v) is 31.6. The molecule has 5 aliphatic heterocycles. The van der Waals surface area contributed by atoms with Gasteiger partial charge in [-0.1, -0.05) is 47.0 Å². The van der Waals surface area contributed by atoms with Crippen LogP contribution < -0.4 is 5.32 Å². The molecule has 0 saturated heterocycles. The van der Waals surface area contributed by atoms with Crippen LogP contribution in [0.2, 0.25) is 0 Å². The minimum atomic E-state index is -1.42. The van der Waals surface area contributed by atoms with E-state index in [9.17, 15) is 79.2 Å². The van der Waals surface area contributed by atoms with Crippen molar-refractivity contribution in [3.63, 3.8) is 0 Å². The lowest BCUT2D eigenvalue weighted by molar-refractivity contribution is 0.0651. The summed E-state index contributed by atoms with van der Waals surface area (Å²) in [5, 5.41) is 82.9. The average Bonchev–Trinajstić information content (AvgIpc) is 1.58. The molecule has 0 aromatic heterocycles. The number of carboxylic acid groups (broad SMARTS) is 8. The summed E-state index contributed by atoms with van der Waals surface area (Å²) in [5.41, 5.74) is 2.24. The van der Waals surface area contributed by atoms with Crippen LogP contribution in [0.3, 0.4) is 0 Å². The second kappa shape index (κ2) is 24.4. The van der Waals surface area contributed by atoms with Crippen molar-refractivity contribution in [1.82, 2.24) is 20.0 Å². The number of aromatic carboxylic acids is 8. The molecule has 8 bridgehead atoms. The van der Waals surface area contributed by atoms with E-state index in [1.165, 1.54) is 120 Å². The Balaban J connectivity index is 1.00. The number of rotatable bonds is 16. The third-order valence-corrected chi connectivity index (χ3v) is 20.2. The first-order valence-electron chi connectivity index (χ1n) is 28.4. The van der Waals surface area contributed by atoms with E-state index in [1.807, 2.05) is 109 Å². The Morgan fingerprint density at radius 1 is 0.305 bits per heavy atom. The first kappa shape index (κ1) is 62.6. The summed E-state index contributed by atoms with van der Waals surface area (Å²) in [6.07, 6.45) is -3.37. The molecule has 95 heavy (non-hydrogen) atoms. The molecule has 0 radical (unpaired) electrons. The van der Waals surface area contributed by atoms with Crippen LogP contribution in [0.25, 0.3) is 0 Å². The van der Waals surface area contributed by atoms with Crippen LogP contribution in [0.1, 0.15) is 152 Å². The standard InChI is InChI=1S/C67H46N8O16S4/c1-73-54-37-13-5-30(94-34-10-18-42(62(80)81)50(26-34)66(88)89)22-46(37)58(73)72-56-39-15-7-31(95-35-11-19-43(63(82)83)51(27-35)67(90)91)23-47(39)59(75(56)3)71-55-38-14-6-29(93-33-9-17-41(61(78)79)49(25-33)65(86)87)21-45(38)57(74(55)2)69-52-36-12-4-28(20-44(36)53(68-52)70-54)92-32-8-16-40(60(76)77)48(24-32)64(84)85/h4-27,53,57-59H,1-3H3,(H,68,69)(H,76,77)(H,78,79)(H,80,81)(H,82,83)(H,84,85)(H,86,87)(H,88,89)(H,90,91)/b70-54-,71-55-,72-56-. The van der Waals surface area contributed by atoms with E-state index in [4.69, 9.17) is 20.0 Å². The smallest absolute Gasteiger partial charge is 0.336 e. The fourth-order valence-electron chi connectivity index (χ4n) is 11.9. The zero-order valence-electron chi connectivity index (χ0n) is 49.3. The number of nitrogens with one attached hydrogen (secondary N) is 1. The number of nitrogens with zero attached hydrogens (tertiary/aromatic N) is 7. The van der Waals surface area contributed by atoms with Crippen molar-refractivity contribution in [1.29, 1.82) is 0 Å². The van der Waals surface area contributed by atoms with Gasteiger partial charge < -0.3 is 60.9 Å². The Labute approximate surface area is 553 Å². The molecule has 5 heterocycles. The summed E-state index contributed by atoms with van der Waals surface area (Å²) in [5.74, 6) is -9.40. The summed E-state index contributed by atoms with van der Waals surface area (Å²) < 4.78 is 0. The monoisotopic (exact) mass is 1350 g/mol. The van der Waals surface area contributed by atoms with Crippen LogP contribution in [0.4, 0.5) is 0 Å². The number of aliphatic imine (C=N–C) groups is 4. The minimum Gasteiger partial charge on any atom is -0.478 e. The highest BCUT2D eigenvalue weighted by atomic mass is 32.2. The number of fused-ring (bicyclic) bond motifs is 20. The van der Waals surface area contributed by atoms with Crippen molar-refractivity contribution >= 4 is 118 Å². The quantitative estimate of drug-likeness (QED) is 0.0434. The largest absolute Gasteiger partial charge is 0.478 e. The molecule has 474 valence electrons. The highest BCUT2D eigenvalue weighted by Gasteiger charge is 2.43. The van der Waals surface area contributed by atoms with E-state index >= 15 is 0 Å². The zero-order chi connectivity index (χ0) is 67.2. The van der Waals surface area contributed by atoms with E-state index < -0.39 is 94.7 Å². The van der Waals surface area contributed by atoms with Crippen LogP contribution >= 0.6 is 47.0 Å². The number of benzene rings is 8. The highest BCUT2D eigenvalue weighted by molar-refractivity contribution is 8.00. The molecule has 0 saturated carbocycles. The summed E-state index contributed by atoms with van der Waals surface area (Å²) in [7, 11) is 5.52. The number of amidine groups is 4. The predicted octanol–water partition coefficient (Wildman–Crippen LogP) is 11.4. The van der Waals surface area contributed by atoms with Crippen LogP contribution in [0.15, 0.2) is 205 Å². The predicted molar refractivity (Wildman–Crippen MR) is 347 cm³/mol. The molecule has 13 rings (SSSR count). The Morgan fingerprint density at radius 3 is 0.842 bits per heavy atom. The Bertz CT molecular complexity index is 4940. The fourth-order valence-corrected chi connectivity index (χ4v) is 15.5. The molecule has 0 aliphatic carbocycles. The van der Waals surface area contributed by atoms with Gasteiger partial charge in [-0.3, -0.25) is 0 Å². The van der Waals surface area contributed by atoms with E-state index in [0.717, 1.165) is 0 Å². The third-order valence-electron chi connectivity index (χ3n) is 16.3. The van der Waals surface area contributed by atoms with Crippen molar-refractivity contribution in [3.8, 4) is 0 Å². The molecule has 24 nitrogen and oxygen atoms in total. The van der Waals surface area contributed by atoms with Gasteiger partial charge in [-0.05, 0) is 146 Å². The van der Waals surface area contributed by atoms with Crippen molar-refractivity contribution in [2.45, 2.75) is 63.8 Å². The van der Waals surface area contributed by atoms with Gasteiger partial charge in [-0.2, -0.15) is 0 Å². The van der Waals surface area contributed by atoms with E-state index in [1.54, 1.807) is 0 Å². The fraction of sp³-hybridized carbons (Fsp3) is 0.104. The number of hydrogen-bond acceptors (Lipinski definition) is 20. The molecule has 8 aromatic rings. The SMILES string of the molecule is CN1/C2=N\C3c4cc(Sc5ccc(C(=O)O)c(C(=O)O)c5)ccc4/C(=N/C4c5cc(Sc6ccc(C(=O)O)c(C(=O)O)c6)ccc5/C(=N/C5N/C(=N\C1c1cc(Sc6ccc(C(=O)O)c(C(=O)O)c6)ccc12)c1ccc(Sc2ccc(C(=O)O)c(C(=O)O)c2)cc15)N4C)N3C. The summed E-state index contributed by atoms with van der Waals surface area (Å²) in [6.45, 7) is 0.